The molecule has 6 heteroatoms. The van der Waals surface area contributed by atoms with Gasteiger partial charge in [0.25, 0.3) is 0 Å². The smallest absolute Gasteiger partial charge is 0.152 e. The van der Waals surface area contributed by atoms with Crippen molar-refractivity contribution in [3.05, 3.63) is 29.8 Å². The number of carbonyl (C=O) groups excluding carboxylic acids is 1. The summed E-state index contributed by atoms with van der Waals surface area (Å²) >= 11 is 0. The molecule has 2 saturated heterocycles. The predicted molar refractivity (Wildman–Crippen MR) is 110 cm³/mol. The Kier molecular flexibility index (Phi) is 6.71. The van der Waals surface area contributed by atoms with Gasteiger partial charge in [-0.1, -0.05) is 20.8 Å². The standard InChI is InChI=1S/C22H32N4O2/c1-22(2,3)21(27)16-26-14-19-12-25(13-20(15-26)28-19)10-4-9-24-18-7-5-17(11-23)6-8-18/h5-8,19-20,24H,4,9-10,12-16H2,1-3H3/t19-,20+. The van der Waals surface area contributed by atoms with Gasteiger partial charge in [0.2, 0.25) is 0 Å². The first-order chi connectivity index (χ1) is 13.3. The Labute approximate surface area is 168 Å². The molecular weight excluding hydrogens is 352 g/mol. The fourth-order valence-electron chi connectivity index (χ4n) is 3.81. The highest BCUT2D eigenvalue weighted by Gasteiger charge is 2.36. The molecule has 2 bridgehead atoms. The largest absolute Gasteiger partial charge is 0.385 e. The molecule has 2 atom stereocenters. The van der Waals surface area contributed by atoms with E-state index in [1.165, 1.54) is 0 Å². The summed E-state index contributed by atoms with van der Waals surface area (Å²) in [6, 6.07) is 9.70. The second-order valence-corrected chi connectivity index (χ2v) is 8.98. The van der Waals surface area contributed by atoms with Crippen LogP contribution in [-0.2, 0) is 9.53 Å². The molecule has 0 aliphatic carbocycles. The number of nitrogens with zero attached hydrogens (tertiary/aromatic N) is 3. The van der Waals surface area contributed by atoms with Crippen molar-refractivity contribution in [1.29, 1.82) is 5.26 Å². The number of Topliss-reactive ketones (excluding diaryl/α,β-unsaturated/α-hetero) is 1. The Morgan fingerprint density at radius 3 is 2.32 bits per heavy atom. The van der Waals surface area contributed by atoms with Gasteiger partial charge in [0.05, 0.1) is 30.4 Å². The van der Waals surface area contributed by atoms with E-state index in [2.05, 4.69) is 21.2 Å². The van der Waals surface area contributed by atoms with Crippen molar-refractivity contribution < 1.29 is 9.53 Å². The molecule has 2 aliphatic rings. The Morgan fingerprint density at radius 1 is 1.14 bits per heavy atom. The second kappa shape index (κ2) is 9.04. The summed E-state index contributed by atoms with van der Waals surface area (Å²) < 4.78 is 6.11. The Morgan fingerprint density at radius 2 is 1.75 bits per heavy atom. The van der Waals surface area contributed by atoms with E-state index in [1.807, 2.05) is 45.0 Å². The minimum absolute atomic E-state index is 0.201. The molecule has 2 fully saturated rings. The van der Waals surface area contributed by atoms with Crippen LogP contribution in [0.25, 0.3) is 0 Å². The molecule has 0 amide bonds. The molecule has 0 unspecified atom stereocenters. The number of nitrogens with one attached hydrogen (secondary N) is 1. The molecule has 0 spiro atoms. The van der Waals surface area contributed by atoms with Gasteiger partial charge in [-0.25, -0.2) is 0 Å². The summed E-state index contributed by atoms with van der Waals surface area (Å²) in [5.41, 5.74) is 1.46. The zero-order valence-electron chi connectivity index (χ0n) is 17.3. The molecule has 2 aliphatic heterocycles. The Balaban J connectivity index is 1.38. The number of ether oxygens (including phenoxy) is 1. The highest BCUT2D eigenvalue weighted by Crippen LogP contribution is 2.21. The predicted octanol–water partition coefficient (Wildman–Crippen LogP) is 2.36. The van der Waals surface area contributed by atoms with E-state index in [1.54, 1.807) is 0 Å². The summed E-state index contributed by atoms with van der Waals surface area (Å²) in [6.45, 7) is 12.0. The lowest BCUT2D eigenvalue weighted by Crippen LogP contribution is -2.60. The van der Waals surface area contributed by atoms with E-state index < -0.39 is 0 Å². The average Bonchev–Trinajstić information content (AvgIpc) is 2.64. The first-order valence-electron chi connectivity index (χ1n) is 10.2. The Hall–Kier alpha value is -1.94. The maximum atomic E-state index is 12.3. The fourth-order valence-corrected chi connectivity index (χ4v) is 3.81. The molecule has 6 nitrogen and oxygen atoms in total. The molecule has 1 aromatic rings. The van der Waals surface area contributed by atoms with Crippen LogP contribution in [0, 0.1) is 16.7 Å². The van der Waals surface area contributed by atoms with Gasteiger partial charge in [-0.2, -0.15) is 5.26 Å². The summed E-state index contributed by atoms with van der Waals surface area (Å²) in [5, 5.41) is 12.3. The molecule has 0 saturated carbocycles. The lowest BCUT2D eigenvalue weighted by molar-refractivity contribution is -0.147. The maximum Gasteiger partial charge on any atom is 0.152 e. The van der Waals surface area contributed by atoms with Crippen molar-refractivity contribution in [3.8, 4) is 6.07 Å². The molecule has 152 valence electrons. The van der Waals surface area contributed by atoms with Crippen LogP contribution in [0.1, 0.15) is 32.8 Å². The van der Waals surface area contributed by atoms with Crippen LogP contribution in [0.5, 0.6) is 0 Å². The molecule has 28 heavy (non-hydrogen) atoms. The Bertz CT molecular complexity index is 691. The zero-order chi connectivity index (χ0) is 20.1. The number of anilines is 1. The highest BCUT2D eigenvalue weighted by molar-refractivity contribution is 5.85. The number of hydrogen-bond donors (Lipinski definition) is 1. The first-order valence-corrected chi connectivity index (χ1v) is 10.2. The summed E-state index contributed by atoms with van der Waals surface area (Å²) in [4.78, 5) is 17.1. The third-order valence-corrected chi connectivity index (χ3v) is 5.43. The van der Waals surface area contributed by atoms with Crippen molar-refractivity contribution in [2.45, 2.75) is 39.4 Å². The maximum absolute atomic E-state index is 12.3. The second-order valence-electron chi connectivity index (χ2n) is 8.98. The summed E-state index contributed by atoms with van der Waals surface area (Å²) in [7, 11) is 0. The number of nitriles is 1. The number of hydrogen-bond acceptors (Lipinski definition) is 6. The molecule has 3 rings (SSSR count). The molecular formula is C22H32N4O2. The number of carbonyl (C=O) groups is 1. The molecule has 0 radical (unpaired) electrons. The average molecular weight is 385 g/mol. The van der Waals surface area contributed by atoms with E-state index in [4.69, 9.17) is 10.00 Å². The number of ketones is 1. The van der Waals surface area contributed by atoms with Crippen LogP contribution < -0.4 is 5.32 Å². The topological polar surface area (TPSA) is 68.6 Å². The van der Waals surface area contributed by atoms with Crippen LogP contribution in [-0.4, -0.2) is 73.6 Å². The third-order valence-electron chi connectivity index (χ3n) is 5.43. The van der Waals surface area contributed by atoms with Crippen molar-refractivity contribution >= 4 is 11.5 Å². The first kappa shape index (κ1) is 20.8. The van der Waals surface area contributed by atoms with Crippen LogP contribution in [0.3, 0.4) is 0 Å². The van der Waals surface area contributed by atoms with E-state index in [-0.39, 0.29) is 17.6 Å². The van der Waals surface area contributed by atoms with Crippen molar-refractivity contribution in [2.24, 2.45) is 5.41 Å². The normalized spacial score (nSPS) is 23.2. The molecule has 2 heterocycles. The third kappa shape index (κ3) is 5.78. The lowest BCUT2D eigenvalue weighted by Gasteiger charge is -2.46. The number of rotatable bonds is 7. The lowest BCUT2D eigenvalue weighted by atomic mass is 9.90. The minimum Gasteiger partial charge on any atom is -0.385 e. The minimum atomic E-state index is -0.276. The van der Waals surface area contributed by atoms with Crippen LogP contribution in [0.15, 0.2) is 24.3 Å². The quantitative estimate of drug-likeness (QED) is 0.728. The van der Waals surface area contributed by atoms with Gasteiger partial charge in [-0.15, -0.1) is 0 Å². The van der Waals surface area contributed by atoms with Gasteiger partial charge in [0.15, 0.2) is 5.78 Å². The van der Waals surface area contributed by atoms with Gasteiger partial charge in [-0.05, 0) is 30.7 Å². The van der Waals surface area contributed by atoms with E-state index >= 15 is 0 Å². The molecule has 0 aromatic heterocycles. The van der Waals surface area contributed by atoms with Crippen molar-refractivity contribution in [2.75, 3.05) is 51.1 Å². The summed E-state index contributed by atoms with van der Waals surface area (Å²) in [6.07, 6.45) is 1.46. The van der Waals surface area contributed by atoms with E-state index in [0.29, 0.717) is 17.9 Å². The highest BCUT2D eigenvalue weighted by atomic mass is 16.5. The van der Waals surface area contributed by atoms with Crippen molar-refractivity contribution in [3.63, 3.8) is 0 Å². The molecule has 1 aromatic carbocycles. The van der Waals surface area contributed by atoms with E-state index in [0.717, 1.165) is 51.4 Å². The fraction of sp³-hybridized carbons (Fsp3) is 0.636. The van der Waals surface area contributed by atoms with Crippen molar-refractivity contribution in [1.82, 2.24) is 9.80 Å². The number of benzene rings is 1. The van der Waals surface area contributed by atoms with E-state index in [9.17, 15) is 4.79 Å². The van der Waals surface area contributed by atoms with Gasteiger partial charge >= 0.3 is 0 Å². The van der Waals surface area contributed by atoms with Gasteiger partial charge in [-0.3, -0.25) is 14.6 Å². The van der Waals surface area contributed by atoms with Crippen LogP contribution in [0.4, 0.5) is 5.69 Å². The van der Waals surface area contributed by atoms with Gasteiger partial charge < -0.3 is 10.1 Å². The molecule has 1 N–H and O–H groups in total. The number of morpholine rings is 2. The monoisotopic (exact) mass is 384 g/mol. The zero-order valence-corrected chi connectivity index (χ0v) is 17.3. The summed E-state index contributed by atoms with van der Waals surface area (Å²) in [5.74, 6) is 0.304. The van der Waals surface area contributed by atoms with Crippen LogP contribution >= 0.6 is 0 Å². The van der Waals surface area contributed by atoms with Gasteiger partial charge in [0.1, 0.15) is 0 Å². The number of fused-ring (bicyclic) bond motifs is 2. The van der Waals surface area contributed by atoms with Gasteiger partial charge in [0, 0.05) is 50.4 Å². The SMILES string of the molecule is CC(C)(C)C(=O)CN1C[C@H]2CN(CCCNc3ccc(C#N)cc3)C[C@@H](C1)O2. The van der Waals surface area contributed by atoms with Crippen LogP contribution in [0.2, 0.25) is 0 Å².